The van der Waals surface area contributed by atoms with Crippen molar-refractivity contribution in [2.24, 2.45) is 5.41 Å². The molecule has 1 aliphatic heterocycles. The summed E-state index contributed by atoms with van der Waals surface area (Å²) in [6.07, 6.45) is 3.53. The molecule has 0 aromatic heterocycles. The second kappa shape index (κ2) is 10.5. The Hall–Kier alpha value is -3.08. The molecule has 32 heavy (non-hydrogen) atoms. The zero-order valence-corrected chi connectivity index (χ0v) is 19.5. The van der Waals surface area contributed by atoms with Crippen LogP contribution in [0.25, 0.3) is 0 Å². The van der Waals surface area contributed by atoms with E-state index in [-0.39, 0.29) is 23.0 Å². The summed E-state index contributed by atoms with van der Waals surface area (Å²) in [4.78, 5) is 35.6. The molecule has 1 aromatic rings. The largest absolute Gasteiger partial charge is 0.495 e. The van der Waals surface area contributed by atoms with Crippen LogP contribution in [0.3, 0.4) is 0 Å². The summed E-state index contributed by atoms with van der Waals surface area (Å²) in [5.74, 6) is -0.139. The number of benzene rings is 1. The SMILES string of the molecule is CCCNC(=O)NS(=O)(=O)c1cc(C(CC2(CC)C(=O)NC=C2C)NC=O)ccc1OC. The van der Waals surface area contributed by atoms with Gasteiger partial charge in [-0.15, -0.1) is 0 Å². The van der Waals surface area contributed by atoms with Crippen LogP contribution in [0.5, 0.6) is 5.75 Å². The number of ether oxygens (including phenoxy) is 1. The van der Waals surface area contributed by atoms with Crippen LogP contribution in [0.2, 0.25) is 0 Å². The third kappa shape index (κ3) is 5.21. The highest BCUT2D eigenvalue weighted by Crippen LogP contribution is 2.43. The van der Waals surface area contributed by atoms with Gasteiger partial charge in [0, 0.05) is 12.7 Å². The lowest BCUT2D eigenvalue weighted by molar-refractivity contribution is -0.128. The lowest BCUT2D eigenvalue weighted by Crippen LogP contribution is -2.40. The zero-order chi connectivity index (χ0) is 23.9. The Kier molecular flexibility index (Phi) is 8.25. The highest BCUT2D eigenvalue weighted by molar-refractivity contribution is 7.90. The molecule has 2 rings (SSSR count). The molecule has 2 atom stereocenters. The molecule has 176 valence electrons. The number of nitrogens with one attached hydrogen (secondary N) is 4. The Morgan fingerprint density at radius 3 is 2.56 bits per heavy atom. The normalized spacial score (nSPS) is 18.9. The van der Waals surface area contributed by atoms with Crippen molar-refractivity contribution in [1.82, 2.24) is 20.7 Å². The molecule has 4 N–H and O–H groups in total. The Labute approximate surface area is 188 Å². The van der Waals surface area contributed by atoms with E-state index in [0.717, 1.165) is 5.57 Å². The quantitative estimate of drug-likeness (QED) is 0.366. The third-order valence-corrected chi connectivity index (χ3v) is 7.03. The van der Waals surface area contributed by atoms with Crippen molar-refractivity contribution >= 4 is 28.4 Å². The Balaban J connectivity index is 2.45. The van der Waals surface area contributed by atoms with Gasteiger partial charge >= 0.3 is 6.03 Å². The third-order valence-electron chi connectivity index (χ3n) is 5.68. The molecule has 0 saturated heterocycles. The number of rotatable bonds is 11. The van der Waals surface area contributed by atoms with Gasteiger partial charge in [0.2, 0.25) is 12.3 Å². The number of urea groups is 1. The zero-order valence-electron chi connectivity index (χ0n) is 18.7. The van der Waals surface area contributed by atoms with Crippen molar-refractivity contribution in [3.05, 3.63) is 35.5 Å². The molecule has 0 radical (unpaired) electrons. The minimum Gasteiger partial charge on any atom is -0.495 e. The molecular weight excluding hydrogens is 436 g/mol. The molecule has 10 nitrogen and oxygen atoms in total. The van der Waals surface area contributed by atoms with E-state index in [1.165, 1.54) is 19.2 Å². The van der Waals surface area contributed by atoms with Gasteiger partial charge in [-0.25, -0.2) is 17.9 Å². The maximum Gasteiger partial charge on any atom is 0.328 e. The van der Waals surface area contributed by atoms with Gasteiger partial charge in [-0.05, 0) is 49.5 Å². The van der Waals surface area contributed by atoms with Gasteiger partial charge in [0.15, 0.2) is 0 Å². The van der Waals surface area contributed by atoms with Crippen molar-refractivity contribution in [3.8, 4) is 5.75 Å². The lowest BCUT2D eigenvalue weighted by Gasteiger charge is -2.31. The molecule has 1 heterocycles. The molecule has 2 unspecified atom stereocenters. The predicted molar refractivity (Wildman–Crippen MR) is 118 cm³/mol. The molecule has 11 heteroatoms. The van der Waals surface area contributed by atoms with Crippen molar-refractivity contribution in [2.75, 3.05) is 13.7 Å². The van der Waals surface area contributed by atoms with Gasteiger partial charge < -0.3 is 20.7 Å². The number of amides is 4. The summed E-state index contributed by atoms with van der Waals surface area (Å²) in [7, 11) is -2.95. The Morgan fingerprint density at radius 1 is 1.31 bits per heavy atom. The fourth-order valence-corrected chi connectivity index (χ4v) is 4.88. The summed E-state index contributed by atoms with van der Waals surface area (Å²) in [6, 6.07) is 2.89. The van der Waals surface area contributed by atoms with Gasteiger partial charge in [-0.3, -0.25) is 9.59 Å². The highest BCUT2D eigenvalue weighted by atomic mass is 32.2. The second-order valence-electron chi connectivity index (χ2n) is 7.55. The van der Waals surface area contributed by atoms with Crippen molar-refractivity contribution in [1.29, 1.82) is 0 Å². The van der Waals surface area contributed by atoms with E-state index >= 15 is 0 Å². The monoisotopic (exact) mass is 466 g/mol. The van der Waals surface area contributed by atoms with E-state index in [4.69, 9.17) is 4.74 Å². The van der Waals surface area contributed by atoms with Crippen LogP contribution < -0.4 is 25.4 Å². The van der Waals surface area contributed by atoms with Crippen LogP contribution in [0.4, 0.5) is 4.79 Å². The van der Waals surface area contributed by atoms with E-state index in [0.29, 0.717) is 31.4 Å². The molecule has 1 aliphatic rings. The van der Waals surface area contributed by atoms with Gasteiger partial charge in [-0.2, -0.15) is 0 Å². The van der Waals surface area contributed by atoms with E-state index in [1.807, 2.05) is 25.5 Å². The molecule has 0 saturated carbocycles. The summed E-state index contributed by atoms with van der Waals surface area (Å²) >= 11 is 0. The predicted octanol–water partition coefficient (Wildman–Crippen LogP) is 1.70. The summed E-state index contributed by atoms with van der Waals surface area (Å²) in [5, 5.41) is 7.85. The first-order valence-corrected chi connectivity index (χ1v) is 11.8. The Bertz CT molecular complexity index is 1010. The average Bonchev–Trinajstić information content (AvgIpc) is 3.05. The number of methoxy groups -OCH3 is 1. The van der Waals surface area contributed by atoms with Crippen LogP contribution in [0.1, 0.15) is 51.6 Å². The fraction of sp³-hybridized carbons (Fsp3) is 0.476. The first-order valence-electron chi connectivity index (χ1n) is 10.3. The maximum atomic E-state index is 12.9. The minimum atomic E-state index is -4.27. The number of carbonyl (C=O) groups is 3. The molecule has 0 fully saturated rings. The van der Waals surface area contributed by atoms with Crippen LogP contribution in [0, 0.1) is 5.41 Å². The van der Waals surface area contributed by atoms with Gasteiger partial charge in [-0.1, -0.05) is 19.9 Å². The van der Waals surface area contributed by atoms with Crippen molar-refractivity contribution in [3.63, 3.8) is 0 Å². The summed E-state index contributed by atoms with van der Waals surface area (Å²) in [6.45, 7) is 5.87. The number of carbonyl (C=O) groups excluding carboxylic acids is 3. The standard InChI is InChI=1S/C21H30N4O6S/c1-5-9-22-20(28)25-32(29,30)18-10-15(7-8-17(18)31-4)16(24-13-26)11-21(6-2)14(3)12-23-19(21)27/h7-8,10,12-13,16H,5-6,9,11H2,1-4H3,(H,23,27)(H,24,26)(H2,22,25,28). The molecule has 0 bridgehead atoms. The smallest absolute Gasteiger partial charge is 0.328 e. The first-order chi connectivity index (χ1) is 15.1. The number of hydrogen-bond acceptors (Lipinski definition) is 6. The van der Waals surface area contributed by atoms with Crippen LogP contribution in [0.15, 0.2) is 34.9 Å². The molecule has 1 aromatic carbocycles. The Morgan fingerprint density at radius 2 is 2.03 bits per heavy atom. The summed E-state index contributed by atoms with van der Waals surface area (Å²) < 4.78 is 32.9. The first kappa shape index (κ1) is 25.2. The van der Waals surface area contributed by atoms with Crippen LogP contribution >= 0.6 is 0 Å². The van der Waals surface area contributed by atoms with Crippen LogP contribution in [-0.4, -0.2) is 40.4 Å². The second-order valence-corrected chi connectivity index (χ2v) is 9.20. The molecule has 0 aliphatic carbocycles. The molecular formula is C21H30N4O6S. The van der Waals surface area contributed by atoms with E-state index < -0.39 is 27.5 Å². The molecule has 0 spiro atoms. The van der Waals surface area contributed by atoms with E-state index in [2.05, 4.69) is 16.0 Å². The average molecular weight is 467 g/mol. The van der Waals surface area contributed by atoms with Crippen molar-refractivity contribution < 1.29 is 27.5 Å². The lowest BCUT2D eigenvalue weighted by atomic mass is 9.73. The maximum absolute atomic E-state index is 12.9. The molecule has 4 amide bonds. The fourth-order valence-electron chi connectivity index (χ4n) is 3.74. The highest BCUT2D eigenvalue weighted by Gasteiger charge is 2.43. The van der Waals surface area contributed by atoms with Gasteiger partial charge in [0.05, 0.1) is 18.6 Å². The van der Waals surface area contributed by atoms with Crippen molar-refractivity contribution in [2.45, 2.75) is 51.0 Å². The van der Waals surface area contributed by atoms with E-state index in [1.54, 1.807) is 12.3 Å². The number of hydrogen-bond donors (Lipinski definition) is 4. The minimum absolute atomic E-state index is 0.0364. The number of sulfonamides is 1. The van der Waals surface area contributed by atoms with E-state index in [9.17, 15) is 22.8 Å². The van der Waals surface area contributed by atoms with Gasteiger partial charge in [0.25, 0.3) is 10.0 Å². The van der Waals surface area contributed by atoms with Crippen LogP contribution in [-0.2, 0) is 19.6 Å². The topological polar surface area (TPSA) is 143 Å². The summed E-state index contributed by atoms with van der Waals surface area (Å²) in [5.41, 5.74) is 0.448. The van der Waals surface area contributed by atoms with Gasteiger partial charge in [0.1, 0.15) is 10.6 Å².